The second-order valence-electron chi connectivity index (χ2n) is 2.90. The lowest BCUT2D eigenvalue weighted by Gasteiger charge is -2.20. The molecule has 0 atom stereocenters. The summed E-state index contributed by atoms with van der Waals surface area (Å²) < 4.78 is 9.60. The highest BCUT2D eigenvalue weighted by Crippen LogP contribution is 2.29. The van der Waals surface area contributed by atoms with Gasteiger partial charge in [0.2, 0.25) is 0 Å². The molecule has 14 heavy (non-hydrogen) atoms. The first kappa shape index (κ1) is 10.8. The molecule has 0 saturated carbocycles. The van der Waals surface area contributed by atoms with Crippen molar-refractivity contribution >= 4 is 11.9 Å². The Labute approximate surface area is 82.9 Å². The van der Waals surface area contributed by atoms with Crippen molar-refractivity contribution in [1.82, 2.24) is 0 Å². The van der Waals surface area contributed by atoms with E-state index in [1.807, 2.05) is 0 Å². The first-order valence-electron chi connectivity index (χ1n) is 4.77. The van der Waals surface area contributed by atoms with E-state index in [0.29, 0.717) is 37.2 Å². The number of carbonyl (C=O) groups excluding carboxylic acids is 2. The highest BCUT2D eigenvalue weighted by Gasteiger charge is 2.30. The first-order chi connectivity index (χ1) is 6.70. The number of carbonyl (C=O) groups is 2. The first-order valence-corrected chi connectivity index (χ1v) is 4.77. The monoisotopic (exact) mass is 198 g/mol. The summed E-state index contributed by atoms with van der Waals surface area (Å²) in [4.78, 5) is 22.5. The van der Waals surface area contributed by atoms with Crippen LogP contribution < -0.4 is 0 Å². The minimum atomic E-state index is -0.387. The van der Waals surface area contributed by atoms with Gasteiger partial charge < -0.3 is 9.47 Å². The van der Waals surface area contributed by atoms with E-state index < -0.39 is 0 Å². The Morgan fingerprint density at radius 1 is 1.00 bits per heavy atom. The molecule has 1 aliphatic rings. The summed E-state index contributed by atoms with van der Waals surface area (Å²) in [7, 11) is 0. The van der Waals surface area contributed by atoms with Crippen LogP contribution in [0.25, 0.3) is 0 Å². The van der Waals surface area contributed by atoms with E-state index in [9.17, 15) is 9.59 Å². The van der Waals surface area contributed by atoms with Gasteiger partial charge in [0.25, 0.3) is 0 Å². The molecular weight excluding hydrogens is 184 g/mol. The van der Waals surface area contributed by atoms with E-state index in [2.05, 4.69) is 0 Å². The fraction of sp³-hybridized carbons (Fsp3) is 0.600. The number of esters is 2. The van der Waals surface area contributed by atoms with Crippen molar-refractivity contribution in [1.29, 1.82) is 0 Å². The van der Waals surface area contributed by atoms with Crippen LogP contribution in [0.4, 0.5) is 0 Å². The standard InChI is InChI=1S/C10H14O4/c1-3-13-9(11)7-5-6-8(7)10(12)14-4-2/h3-6H2,1-2H3. The van der Waals surface area contributed by atoms with E-state index >= 15 is 0 Å². The zero-order valence-electron chi connectivity index (χ0n) is 8.46. The smallest absolute Gasteiger partial charge is 0.334 e. The Morgan fingerprint density at radius 2 is 1.36 bits per heavy atom. The molecule has 1 rings (SSSR count). The maximum absolute atomic E-state index is 11.3. The van der Waals surface area contributed by atoms with Crippen LogP contribution in [0.2, 0.25) is 0 Å². The summed E-state index contributed by atoms with van der Waals surface area (Å²) in [6.45, 7) is 4.14. The molecule has 0 spiro atoms. The van der Waals surface area contributed by atoms with Gasteiger partial charge in [-0.15, -0.1) is 0 Å². The zero-order chi connectivity index (χ0) is 10.6. The normalized spacial score (nSPS) is 14.7. The van der Waals surface area contributed by atoms with Crippen molar-refractivity contribution in [2.24, 2.45) is 0 Å². The van der Waals surface area contributed by atoms with Gasteiger partial charge in [-0.3, -0.25) is 0 Å². The highest BCUT2D eigenvalue weighted by atomic mass is 16.5. The molecular formula is C10H14O4. The third-order valence-corrected chi connectivity index (χ3v) is 2.03. The molecule has 0 heterocycles. The van der Waals surface area contributed by atoms with Gasteiger partial charge in [-0.05, 0) is 26.7 Å². The molecule has 0 bridgehead atoms. The summed E-state index contributed by atoms with van der Waals surface area (Å²) in [5.41, 5.74) is 0.954. The Hall–Kier alpha value is -1.32. The molecule has 0 aromatic heterocycles. The fourth-order valence-corrected chi connectivity index (χ4v) is 1.26. The van der Waals surface area contributed by atoms with Crippen LogP contribution in [0.3, 0.4) is 0 Å². The van der Waals surface area contributed by atoms with Crippen molar-refractivity contribution in [2.75, 3.05) is 13.2 Å². The largest absolute Gasteiger partial charge is 0.463 e. The lowest BCUT2D eigenvalue weighted by Crippen LogP contribution is -2.23. The van der Waals surface area contributed by atoms with Crippen LogP contribution in [0, 0.1) is 0 Å². The Morgan fingerprint density at radius 3 is 1.57 bits per heavy atom. The molecule has 78 valence electrons. The second kappa shape index (κ2) is 4.79. The molecule has 0 amide bonds. The van der Waals surface area contributed by atoms with Gasteiger partial charge in [-0.1, -0.05) is 0 Å². The third-order valence-electron chi connectivity index (χ3n) is 2.03. The van der Waals surface area contributed by atoms with Gasteiger partial charge in [0.1, 0.15) is 0 Å². The van der Waals surface area contributed by atoms with Crippen LogP contribution in [-0.4, -0.2) is 25.2 Å². The fourth-order valence-electron chi connectivity index (χ4n) is 1.26. The second-order valence-corrected chi connectivity index (χ2v) is 2.90. The SMILES string of the molecule is CCOC(=O)C1=C(C(=O)OCC)CC1. The molecule has 1 aliphatic carbocycles. The lowest BCUT2D eigenvalue weighted by atomic mass is 9.88. The maximum Gasteiger partial charge on any atom is 0.334 e. The molecule has 0 aromatic carbocycles. The summed E-state index contributed by atoms with van der Waals surface area (Å²) in [5.74, 6) is -0.774. The van der Waals surface area contributed by atoms with Gasteiger partial charge in [0.05, 0.1) is 13.2 Å². The predicted molar refractivity (Wildman–Crippen MR) is 49.5 cm³/mol. The van der Waals surface area contributed by atoms with Gasteiger partial charge in [-0.2, -0.15) is 0 Å². The molecule has 0 radical (unpaired) electrons. The van der Waals surface area contributed by atoms with Gasteiger partial charge in [-0.25, -0.2) is 9.59 Å². The minimum absolute atomic E-state index is 0.332. The van der Waals surface area contributed by atoms with Crippen LogP contribution in [0.1, 0.15) is 26.7 Å². The van der Waals surface area contributed by atoms with Crippen LogP contribution in [0.15, 0.2) is 11.1 Å². The number of rotatable bonds is 4. The zero-order valence-corrected chi connectivity index (χ0v) is 8.46. The van der Waals surface area contributed by atoms with Crippen molar-refractivity contribution in [3.63, 3.8) is 0 Å². The summed E-state index contributed by atoms with van der Waals surface area (Å²) in [6.07, 6.45) is 1.24. The molecule has 0 saturated heterocycles. The molecule has 0 N–H and O–H groups in total. The average Bonchev–Trinajstić information content (AvgIpc) is 2.02. The van der Waals surface area contributed by atoms with E-state index in [1.54, 1.807) is 13.8 Å². The van der Waals surface area contributed by atoms with Crippen molar-refractivity contribution < 1.29 is 19.1 Å². The molecule has 0 fully saturated rings. The van der Waals surface area contributed by atoms with Gasteiger partial charge >= 0.3 is 11.9 Å². The van der Waals surface area contributed by atoms with Crippen LogP contribution >= 0.6 is 0 Å². The Bertz CT molecular complexity index is 250. The van der Waals surface area contributed by atoms with Crippen LogP contribution in [-0.2, 0) is 19.1 Å². The van der Waals surface area contributed by atoms with Crippen LogP contribution in [0.5, 0.6) is 0 Å². The topological polar surface area (TPSA) is 52.6 Å². The predicted octanol–water partition coefficient (Wildman–Crippen LogP) is 1.20. The van der Waals surface area contributed by atoms with E-state index in [4.69, 9.17) is 9.47 Å². The van der Waals surface area contributed by atoms with E-state index in [1.165, 1.54) is 0 Å². The number of ether oxygens (including phenoxy) is 2. The maximum atomic E-state index is 11.3. The quantitative estimate of drug-likeness (QED) is 0.637. The Balaban J connectivity index is 2.65. The van der Waals surface area contributed by atoms with Crippen molar-refractivity contribution in [3.05, 3.63) is 11.1 Å². The molecule has 0 aromatic rings. The number of hydrogen-bond acceptors (Lipinski definition) is 4. The lowest BCUT2D eigenvalue weighted by molar-refractivity contribution is -0.143. The molecule has 4 nitrogen and oxygen atoms in total. The minimum Gasteiger partial charge on any atom is -0.463 e. The van der Waals surface area contributed by atoms with Gasteiger partial charge in [0.15, 0.2) is 0 Å². The molecule has 4 heteroatoms. The van der Waals surface area contributed by atoms with Gasteiger partial charge in [0, 0.05) is 11.1 Å². The van der Waals surface area contributed by atoms with E-state index in [-0.39, 0.29) is 11.9 Å². The summed E-state index contributed by atoms with van der Waals surface area (Å²) in [6, 6.07) is 0. The Kier molecular flexibility index (Phi) is 3.68. The number of hydrogen-bond donors (Lipinski definition) is 0. The summed E-state index contributed by atoms with van der Waals surface area (Å²) >= 11 is 0. The van der Waals surface area contributed by atoms with E-state index in [0.717, 1.165) is 0 Å². The van der Waals surface area contributed by atoms with Crippen molar-refractivity contribution in [3.8, 4) is 0 Å². The third kappa shape index (κ3) is 2.13. The molecule has 0 aliphatic heterocycles. The highest BCUT2D eigenvalue weighted by molar-refractivity contribution is 6.02. The molecule has 0 unspecified atom stereocenters. The van der Waals surface area contributed by atoms with Crippen molar-refractivity contribution in [2.45, 2.75) is 26.7 Å². The average molecular weight is 198 g/mol. The summed E-state index contributed by atoms with van der Waals surface area (Å²) in [5, 5.41) is 0.